The van der Waals surface area contributed by atoms with E-state index in [4.69, 9.17) is 14.2 Å². The van der Waals surface area contributed by atoms with Crippen molar-refractivity contribution in [3.63, 3.8) is 0 Å². The van der Waals surface area contributed by atoms with Gasteiger partial charge in [-0.15, -0.1) is 0 Å². The van der Waals surface area contributed by atoms with Crippen LogP contribution in [0.25, 0.3) is 0 Å². The van der Waals surface area contributed by atoms with Gasteiger partial charge in [0.25, 0.3) is 0 Å². The van der Waals surface area contributed by atoms with Crippen LogP contribution in [-0.2, 0) is 16.5 Å². The van der Waals surface area contributed by atoms with E-state index in [0.717, 1.165) is 38.2 Å². The average Bonchev–Trinajstić information content (AvgIpc) is 2.89. The first-order valence-electron chi connectivity index (χ1n) is 6.13. The monoisotopic (exact) mass is 238 g/mol. The van der Waals surface area contributed by atoms with Crippen molar-refractivity contribution in [2.75, 3.05) is 19.8 Å². The first-order chi connectivity index (χ1) is 8.26. The summed E-state index contributed by atoms with van der Waals surface area (Å²) in [5.41, 5.74) is -0.0921. The SMILES string of the molecule is Cn1cc(OC2CCOC3(CCOC3)C2)cn1. The summed E-state index contributed by atoms with van der Waals surface area (Å²) in [7, 11) is 1.89. The molecule has 1 aromatic rings. The molecule has 0 saturated carbocycles. The van der Waals surface area contributed by atoms with Gasteiger partial charge in [-0.1, -0.05) is 0 Å². The van der Waals surface area contributed by atoms with Gasteiger partial charge >= 0.3 is 0 Å². The van der Waals surface area contributed by atoms with Gasteiger partial charge in [-0.2, -0.15) is 5.10 Å². The normalized spacial score (nSPS) is 33.1. The first kappa shape index (κ1) is 11.0. The van der Waals surface area contributed by atoms with Gasteiger partial charge in [0.1, 0.15) is 6.10 Å². The van der Waals surface area contributed by atoms with Crippen molar-refractivity contribution in [1.82, 2.24) is 9.78 Å². The Morgan fingerprint density at radius 1 is 1.53 bits per heavy atom. The van der Waals surface area contributed by atoms with E-state index < -0.39 is 0 Å². The molecule has 17 heavy (non-hydrogen) atoms. The third-order valence-corrected chi connectivity index (χ3v) is 3.50. The summed E-state index contributed by atoms with van der Waals surface area (Å²) in [6.07, 6.45) is 6.72. The minimum atomic E-state index is -0.0921. The standard InChI is InChI=1S/C12H18N2O3/c1-14-8-11(7-13-14)17-10-2-4-16-12(6-10)3-5-15-9-12/h7-8,10H,2-6,9H2,1H3. The molecule has 0 aliphatic carbocycles. The van der Waals surface area contributed by atoms with Gasteiger partial charge in [-0.3, -0.25) is 4.68 Å². The van der Waals surface area contributed by atoms with E-state index in [2.05, 4.69) is 5.10 Å². The quantitative estimate of drug-likeness (QED) is 0.775. The van der Waals surface area contributed by atoms with E-state index in [-0.39, 0.29) is 11.7 Å². The Bertz CT molecular complexity index is 385. The molecule has 0 aromatic carbocycles. The highest BCUT2D eigenvalue weighted by Crippen LogP contribution is 2.34. The lowest BCUT2D eigenvalue weighted by Gasteiger charge is -2.36. The smallest absolute Gasteiger partial charge is 0.157 e. The topological polar surface area (TPSA) is 45.5 Å². The Morgan fingerprint density at radius 3 is 3.18 bits per heavy atom. The van der Waals surface area contributed by atoms with Crippen molar-refractivity contribution in [3.8, 4) is 5.75 Å². The van der Waals surface area contributed by atoms with Crippen LogP contribution < -0.4 is 4.74 Å². The highest BCUT2D eigenvalue weighted by molar-refractivity contribution is 5.12. The molecule has 94 valence electrons. The molecule has 2 aliphatic rings. The Hall–Kier alpha value is -1.07. The zero-order chi connectivity index (χ0) is 11.7. The lowest BCUT2D eigenvalue weighted by atomic mass is 9.91. The van der Waals surface area contributed by atoms with E-state index >= 15 is 0 Å². The lowest BCUT2D eigenvalue weighted by molar-refractivity contribution is -0.112. The molecule has 0 amide bonds. The van der Waals surface area contributed by atoms with Crippen LogP contribution in [0.3, 0.4) is 0 Å². The Labute approximate surface area is 101 Å². The summed E-state index contributed by atoms with van der Waals surface area (Å²) in [6, 6.07) is 0. The summed E-state index contributed by atoms with van der Waals surface area (Å²) in [5, 5.41) is 4.11. The summed E-state index contributed by atoms with van der Waals surface area (Å²) in [4.78, 5) is 0. The van der Waals surface area contributed by atoms with E-state index in [1.807, 2.05) is 13.2 Å². The Morgan fingerprint density at radius 2 is 2.47 bits per heavy atom. The van der Waals surface area contributed by atoms with Crippen LogP contribution in [0.1, 0.15) is 19.3 Å². The molecule has 2 aliphatic heterocycles. The fourth-order valence-corrected chi connectivity index (χ4v) is 2.60. The molecule has 2 fully saturated rings. The molecular formula is C12H18N2O3. The molecule has 2 saturated heterocycles. The maximum Gasteiger partial charge on any atom is 0.157 e. The molecular weight excluding hydrogens is 220 g/mol. The second kappa shape index (κ2) is 4.31. The minimum absolute atomic E-state index is 0.0921. The number of nitrogens with zero attached hydrogens (tertiary/aromatic N) is 2. The van der Waals surface area contributed by atoms with Gasteiger partial charge in [-0.05, 0) is 0 Å². The van der Waals surface area contributed by atoms with E-state index in [1.165, 1.54) is 0 Å². The van der Waals surface area contributed by atoms with E-state index in [1.54, 1.807) is 10.9 Å². The molecule has 0 N–H and O–H groups in total. The molecule has 2 atom stereocenters. The van der Waals surface area contributed by atoms with Crippen molar-refractivity contribution in [3.05, 3.63) is 12.4 Å². The Kier molecular flexibility index (Phi) is 2.80. The number of aromatic nitrogens is 2. The van der Waals surface area contributed by atoms with Gasteiger partial charge in [-0.25, -0.2) is 0 Å². The molecule has 5 heteroatoms. The number of rotatable bonds is 2. The number of aryl methyl sites for hydroxylation is 1. The van der Waals surface area contributed by atoms with Crippen molar-refractivity contribution in [2.24, 2.45) is 7.05 Å². The fourth-order valence-electron chi connectivity index (χ4n) is 2.60. The lowest BCUT2D eigenvalue weighted by Crippen LogP contribution is -2.44. The van der Waals surface area contributed by atoms with Gasteiger partial charge in [0.2, 0.25) is 0 Å². The molecule has 1 aromatic heterocycles. The number of hydrogen-bond donors (Lipinski definition) is 0. The van der Waals surface area contributed by atoms with Gasteiger partial charge in [0, 0.05) is 32.9 Å². The molecule has 2 unspecified atom stereocenters. The molecule has 0 bridgehead atoms. The summed E-state index contributed by atoms with van der Waals surface area (Å²) in [5.74, 6) is 0.841. The van der Waals surface area contributed by atoms with Crippen molar-refractivity contribution in [1.29, 1.82) is 0 Å². The molecule has 3 heterocycles. The summed E-state index contributed by atoms with van der Waals surface area (Å²) in [6.45, 7) is 2.27. The maximum atomic E-state index is 5.94. The molecule has 1 spiro atoms. The van der Waals surface area contributed by atoms with Crippen LogP contribution >= 0.6 is 0 Å². The highest BCUT2D eigenvalue weighted by atomic mass is 16.6. The highest BCUT2D eigenvalue weighted by Gasteiger charge is 2.41. The molecule has 5 nitrogen and oxygen atoms in total. The van der Waals surface area contributed by atoms with Crippen LogP contribution in [-0.4, -0.2) is 41.3 Å². The van der Waals surface area contributed by atoms with Crippen molar-refractivity contribution >= 4 is 0 Å². The zero-order valence-electron chi connectivity index (χ0n) is 10.1. The van der Waals surface area contributed by atoms with E-state index in [0.29, 0.717) is 6.61 Å². The largest absolute Gasteiger partial charge is 0.487 e. The van der Waals surface area contributed by atoms with Crippen molar-refractivity contribution in [2.45, 2.75) is 31.0 Å². The summed E-state index contributed by atoms with van der Waals surface area (Å²) < 4.78 is 19.0. The summed E-state index contributed by atoms with van der Waals surface area (Å²) >= 11 is 0. The van der Waals surface area contributed by atoms with E-state index in [9.17, 15) is 0 Å². The predicted octanol–water partition coefficient (Wildman–Crippen LogP) is 1.14. The number of hydrogen-bond acceptors (Lipinski definition) is 4. The first-order valence-corrected chi connectivity index (χ1v) is 6.13. The van der Waals surface area contributed by atoms with Crippen molar-refractivity contribution < 1.29 is 14.2 Å². The van der Waals surface area contributed by atoms with Crippen LogP contribution in [0.2, 0.25) is 0 Å². The predicted molar refractivity (Wildman–Crippen MR) is 61.0 cm³/mol. The van der Waals surface area contributed by atoms with Gasteiger partial charge < -0.3 is 14.2 Å². The van der Waals surface area contributed by atoms with Crippen LogP contribution in [0.15, 0.2) is 12.4 Å². The minimum Gasteiger partial charge on any atom is -0.487 e. The Balaban J connectivity index is 1.64. The fraction of sp³-hybridized carbons (Fsp3) is 0.750. The van der Waals surface area contributed by atoms with Crippen LogP contribution in [0.4, 0.5) is 0 Å². The average molecular weight is 238 g/mol. The van der Waals surface area contributed by atoms with Crippen LogP contribution in [0.5, 0.6) is 5.75 Å². The number of ether oxygens (including phenoxy) is 3. The van der Waals surface area contributed by atoms with Gasteiger partial charge in [0.15, 0.2) is 5.75 Å². The third-order valence-electron chi connectivity index (χ3n) is 3.50. The second-order valence-electron chi connectivity index (χ2n) is 4.92. The molecule has 3 rings (SSSR count). The third kappa shape index (κ3) is 2.30. The molecule has 0 radical (unpaired) electrons. The van der Waals surface area contributed by atoms with Gasteiger partial charge in [0.05, 0.1) is 31.2 Å². The van der Waals surface area contributed by atoms with Crippen LogP contribution in [0, 0.1) is 0 Å². The maximum absolute atomic E-state index is 5.94. The second-order valence-corrected chi connectivity index (χ2v) is 4.92. The zero-order valence-corrected chi connectivity index (χ0v) is 10.1.